The Bertz CT molecular complexity index is 1190. The Kier molecular flexibility index (Phi) is 8.45. The van der Waals surface area contributed by atoms with Crippen molar-refractivity contribution >= 4 is 12.0 Å². The fourth-order valence-corrected chi connectivity index (χ4v) is 11.4. The standard InChI is InChI=1S/C39H58O3/c1-27(2)13-12-23-39(8,41)32-21-26-37(6)30-17-18-31-35(3,4)33(42-34(40)19-16-28-14-10-9-11-15-28)22-24-36(31,5)29(30)20-25-38(32,37)7/h9-11,13-16,19,29-33,41H,12,17-18,20-26H2,1-8H3/b19-16+/t29-,30+,31-,32-,33?,36+,37-,38+,39-/m0/s1. The molecule has 0 bridgehead atoms. The maximum absolute atomic E-state index is 12.9. The van der Waals surface area contributed by atoms with Gasteiger partial charge in [0, 0.05) is 11.5 Å². The fraction of sp³-hybridized carbons (Fsp3) is 0.718. The molecule has 0 radical (unpaired) electrons. The first-order valence-corrected chi connectivity index (χ1v) is 16.9. The predicted molar refractivity (Wildman–Crippen MR) is 174 cm³/mol. The molecule has 1 aromatic carbocycles. The Balaban J connectivity index is 1.31. The number of hydrogen-bond donors (Lipinski definition) is 1. The van der Waals surface area contributed by atoms with Crippen LogP contribution in [0, 0.1) is 45.3 Å². The summed E-state index contributed by atoms with van der Waals surface area (Å²) in [5, 5.41) is 11.9. The van der Waals surface area contributed by atoms with Gasteiger partial charge in [-0.3, -0.25) is 0 Å². The van der Waals surface area contributed by atoms with Crippen LogP contribution in [0.15, 0.2) is 48.1 Å². The van der Waals surface area contributed by atoms with E-state index >= 15 is 0 Å². The topological polar surface area (TPSA) is 46.5 Å². The number of fused-ring (bicyclic) bond motifs is 5. The molecule has 0 saturated heterocycles. The maximum atomic E-state index is 12.9. The summed E-state index contributed by atoms with van der Waals surface area (Å²) in [7, 11) is 0. The first-order valence-electron chi connectivity index (χ1n) is 16.9. The van der Waals surface area contributed by atoms with Crippen LogP contribution in [0.25, 0.3) is 6.08 Å². The van der Waals surface area contributed by atoms with Crippen molar-refractivity contribution in [2.45, 2.75) is 131 Å². The summed E-state index contributed by atoms with van der Waals surface area (Å²) in [6.45, 7) is 18.9. The average Bonchev–Trinajstić information content (AvgIpc) is 3.21. The molecular weight excluding hydrogens is 516 g/mol. The zero-order valence-corrected chi connectivity index (χ0v) is 27.8. The lowest BCUT2D eigenvalue weighted by molar-refractivity contribution is -0.213. The second-order valence-corrected chi connectivity index (χ2v) is 16.5. The number of carbonyl (C=O) groups excluding carboxylic acids is 1. The molecule has 4 saturated carbocycles. The molecule has 4 aliphatic rings. The number of aliphatic hydroxyl groups is 1. The first kappa shape index (κ1) is 31.6. The fourth-order valence-electron chi connectivity index (χ4n) is 11.4. The highest BCUT2D eigenvalue weighted by atomic mass is 16.5. The molecule has 9 atom stereocenters. The van der Waals surface area contributed by atoms with Gasteiger partial charge in [-0.05, 0) is 137 Å². The molecule has 0 aliphatic heterocycles. The molecule has 3 heteroatoms. The van der Waals surface area contributed by atoms with E-state index in [1.54, 1.807) is 6.08 Å². The number of allylic oxidation sites excluding steroid dienone is 2. The first-order chi connectivity index (χ1) is 19.6. The lowest BCUT2D eigenvalue weighted by Crippen LogP contribution is -2.62. The van der Waals surface area contributed by atoms with Crippen LogP contribution in [0.5, 0.6) is 0 Å². The number of esters is 1. The third-order valence-electron chi connectivity index (χ3n) is 13.8. The molecule has 3 nitrogen and oxygen atoms in total. The normalized spacial score (nSPS) is 40.4. The lowest BCUT2D eigenvalue weighted by atomic mass is 9.38. The van der Waals surface area contributed by atoms with E-state index in [4.69, 9.17) is 4.74 Å². The van der Waals surface area contributed by atoms with E-state index in [1.165, 1.54) is 37.7 Å². The van der Waals surface area contributed by atoms with Crippen LogP contribution in [-0.4, -0.2) is 22.8 Å². The van der Waals surface area contributed by atoms with Gasteiger partial charge in [-0.25, -0.2) is 4.79 Å². The predicted octanol–water partition coefficient (Wildman–Crippen LogP) is 9.79. The molecule has 0 aromatic heterocycles. The van der Waals surface area contributed by atoms with E-state index in [1.807, 2.05) is 36.4 Å². The lowest BCUT2D eigenvalue weighted by Gasteiger charge is -2.67. The van der Waals surface area contributed by atoms with Crippen molar-refractivity contribution in [3.05, 3.63) is 53.6 Å². The minimum absolute atomic E-state index is 0.0451. The number of ether oxygens (including phenoxy) is 1. The second kappa shape index (κ2) is 11.2. The van der Waals surface area contributed by atoms with Crippen molar-refractivity contribution in [3.63, 3.8) is 0 Å². The van der Waals surface area contributed by atoms with Gasteiger partial charge in [0.25, 0.3) is 0 Å². The third kappa shape index (κ3) is 5.24. The van der Waals surface area contributed by atoms with Crippen LogP contribution in [-0.2, 0) is 9.53 Å². The summed E-state index contributed by atoms with van der Waals surface area (Å²) in [4.78, 5) is 12.9. The van der Waals surface area contributed by atoms with Crippen LogP contribution in [0.2, 0.25) is 0 Å². The highest BCUT2D eigenvalue weighted by Gasteiger charge is 2.69. The van der Waals surface area contributed by atoms with Crippen LogP contribution in [0.4, 0.5) is 0 Å². The molecule has 0 amide bonds. The van der Waals surface area contributed by atoms with E-state index < -0.39 is 5.60 Å². The Morgan fingerprint density at radius 1 is 0.929 bits per heavy atom. The van der Waals surface area contributed by atoms with Gasteiger partial charge in [-0.15, -0.1) is 0 Å². The van der Waals surface area contributed by atoms with E-state index in [9.17, 15) is 9.90 Å². The molecule has 0 heterocycles. The summed E-state index contributed by atoms with van der Waals surface area (Å²) in [6.07, 6.45) is 17.0. The third-order valence-corrected chi connectivity index (χ3v) is 13.8. The number of benzene rings is 1. The molecule has 0 spiro atoms. The van der Waals surface area contributed by atoms with Crippen molar-refractivity contribution < 1.29 is 14.6 Å². The minimum Gasteiger partial charge on any atom is -0.459 e. The molecular formula is C39H58O3. The zero-order chi connectivity index (χ0) is 30.6. The van der Waals surface area contributed by atoms with E-state index in [0.717, 1.165) is 37.7 Å². The van der Waals surface area contributed by atoms with Crippen LogP contribution < -0.4 is 0 Å². The summed E-state index contributed by atoms with van der Waals surface area (Å²) in [5.41, 5.74) is 2.40. The highest BCUT2D eigenvalue weighted by molar-refractivity contribution is 5.87. The van der Waals surface area contributed by atoms with Crippen molar-refractivity contribution in [2.75, 3.05) is 0 Å². The van der Waals surface area contributed by atoms with Gasteiger partial charge in [0.1, 0.15) is 6.10 Å². The van der Waals surface area contributed by atoms with Gasteiger partial charge in [-0.2, -0.15) is 0 Å². The van der Waals surface area contributed by atoms with Crippen LogP contribution >= 0.6 is 0 Å². The number of hydrogen-bond acceptors (Lipinski definition) is 3. The summed E-state index contributed by atoms with van der Waals surface area (Å²) < 4.78 is 6.20. The summed E-state index contributed by atoms with van der Waals surface area (Å²) in [6, 6.07) is 9.97. The van der Waals surface area contributed by atoms with Gasteiger partial charge < -0.3 is 9.84 Å². The number of carbonyl (C=O) groups is 1. The van der Waals surface area contributed by atoms with Gasteiger partial charge in [0.05, 0.1) is 5.60 Å². The molecule has 232 valence electrons. The average molecular weight is 575 g/mol. The van der Waals surface area contributed by atoms with Crippen molar-refractivity contribution in [2.24, 2.45) is 45.3 Å². The SMILES string of the molecule is CC(C)=CCC[C@](C)(O)[C@H]1CC[C@@]2(C)[C@@H]3CC[C@H]4C(C)(C)C(OC(=O)/C=C/c5ccccc5)CC[C@]4(C)[C@H]3CC[C@]12C. The highest BCUT2D eigenvalue weighted by Crippen LogP contribution is 2.75. The Hall–Kier alpha value is -1.87. The summed E-state index contributed by atoms with van der Waals surface area (Å²) in [5.74, 6) is 2.11. The molecule has 42 heavy (non-hydrogen) atoms. The largest absolute Gasteiger partial charge is 0.459 e. The molecule has 1 aromatic rings. The summed E-state index contributed by atoms with van der Waals surface area (Å²) >= 11 is 0. The maximum Gasteiger partial charge on any atom is 0.331 e. The Labute approximate surface area is 256 Å². The smallest absolute Gasteiger partial charge is 0.331 e. The Morgan fingerprint density at radius 2 is 1.62 bits per heavy atom. The number of rotatable bonds is 7. The van der Waals surface area contributed by atoms with Gasteiger partial charge in [-0.1, -0.05) is 76.6 Å². The van der Waals surface area contributed by atoms with Crippen LogP contribution in [0.3, 0.4) is 0 Å². The minimum atomic E-state index is -0.620. The zero-order valence-electron chi connectivity index (χ0n) is 27.8. The van der Waals surface area contributed by atoms with Gasteiger partial charge in [0.2, 0.25) is 0 Å². The van der Waals surface area contributed by atoms with Crippen LogP contribution in [0.1, 0.15) is 125 Å². The molecule has 1 N–H and O–H groups in total. The molecule has 4 aliphatic carbocycles. The van der Waals surface area contributed by atoms with Crippen molar-refractivity contribution in [1.82, 2.24) is 0 Å². The second-order valence-electron chi connectivity index (χ2n) is 16.5. The molecule has 4 fully saturated rings. The van der Waals surface area contributed by atoms with E-state index in [-0.39, 0.29) is 33.7 Å². The van der Waals surface area contributed by atoms with Gasteiger partial charge in [0.15, 0.2) is 0 Å². The van der Waals surface area contributed by atoms with E-state index in [0.29, 0.717) is 23.7 Å². The Morgan fingerprint density at radius 3 is 2.31 bits per heavy atom. The quantitative estimate of drug-likeness (QED) is 0.200. The monoisotopic (exact) mass is 574 g/mol. The van der Waals surface area contributed by atoms with E-state index in [2.05, 4.69) is 61.5 Å². The molecule has 5 rings (SSSR count). The van der Waals surface area contributed by atoms with Crippen molar-refractivity contribution in [1.29, 1.82) is 0 Å². The van der Waals surface area contributed by atoms with Crippen molar-refractivity contribution in [3.8, 4) is 0 Å². The molecule has 1 unspecified atom stereocenters. The van der Waals surface area contributed by atoms with Gasteiger partial charge >= 0.3 is 5.97 Å².